The normalized spacial score (nSPS) is 11.2. The smallest absolute Gasteiger partial charge is 0.227 e. The summed E-state index contributed by atoms with van der Waals surface area (Å²) < 4.78 is 5.23. The molecule has 0 aliphatic carbocycles. The molecule has 0 saturated carbocycles. The Balaban J connectivity index is 2.25. The van der Waals surface area contributed by atoms with Gasteiger partial charge in [0.1, 0.15) is 11.6 Å². The maximum atomic E-state index is 11.8. The zero-order valence-electron chi connectivity index (χ0n) is 12.9. The van der Waals surface area contributed by atoms with Crippen molar-refractivity contribution >= 4 is 22.5 Å². The first kappa shape index (κ1) is 15.1. The number of methoxy groups -OCH3 is 1. The van der Waals surface area contributed by atoms with Crippen LogP contribution in [0.3, 0.4) is 0 Å². The van der Waals surface area contributed by atoms with Crippen molar-refractivity contribution in [2.24, 2.45) is 5.41 Å². The van der Waals surface area contributed by atoms with E-state index in [0.717, 1.165) is 22.3 Å². The molecule has 1 amide bonds. The first-order chi connectivity index (χ1) is 9.97. The van der Waals surface area contributed by atoms with Crippen molar-refractivity contribution in [1.82, 2.24) is 10.3 Å². The summed E-state index contributed by atoms with van der Waals surface area (Å²) in [5.41, 5.74) is -0.509. The molecular weight excluding hydrogens is 266 g/mol. The van der Waals surface area contributed by atoms with Gasteiger partial charge < -0.3 is 15.4 Å². The van der Waals surface area contributed by atoms with E-state index in [2.05, 4.69) is 15.6 Å². The SMILES string of the molecule is CNC(=O)C(C)(C)CNc1nccc2cc(OC)ccc12. The minimum Gasteiger partial charge on any atom is -0.497 e. The van der Waals surface area contributed by atoms with Crippen LogP contribution in [0.1, 0.15) is 13.8 Å². The molecule has 0 radical (unpaired) electrons. The number of rotatable bonds is 5. The van der Waals surface area contributed by atoms with E-state index in [1.807, 2.05) is 38.1 Å². The van der Waals surface area contributed by atoms with Crippen LogP contribution >= 0.6 is 0 Å². The van der Waals surface area contributed by atoms with Crippen molar-refractivity contribution in [1.29, 1.82) is 0 Å². The minimum atomic E-state index is -0.509. The first-order valence-corrected chi connectivity index (χ1v) is 6.87. The number of carbonyl (C=O) groups is 1. The maximum absolute atomic E-state index is 11.8. The van der Waals surface area contributed by atoms with Crippen molar-refractivity contribution in [3.63, 3.8) is 0 Å². The Morgan fingerprint density at radius 2 is 2.10 bits per heavy atom. The summed E-state index contributed by atoms with van der Waals surface area (Å²) >= 11 is 0. The number of fused-ring (bicyclic) bond motifs is 1. The predicted octanol–water partition coefficient (Wildman–Crippen LogP) is 2.43. The van der Waals surface area contributed by atoms with Gasteiger partial charge >= 0.3 is 0 Å². The number of hydrogen-bond acceptors (Lipinski definition) is 4. The van der Waals surface area contributed by atoms with Crippen LogP contribution in [0.2, 0.25) is 0 Å². The molecule has 1 heterocycles. The number of ether oxygens (including phenoxy) is 1. The number of carbonyl (C=O) groups excluding carboxylic acids is 1. The van der Waals surface area contributed by atoms with Crippen LogP contribution in [0.25, 0.3) is 10.8 Å². The third-order valence-corrected chi connectivity index (χ3v) is 3.51. The molecule has 112 valence electrons. The molecule has 2 aromatic rings. The van der Waals surface area contributed by atoms with Gasteiger partial charge in [-0.3, -0.25) is 4.79 Å². The Morgan fingerprint density at radius 1 is 1.33 bits per heavy atom. The van der Waals surface area contributed by atoms with Gasteiger partial charge in [0.05, 0.1) is 12.5 Å². The average Bonchev–Trinajstić information content (AvgIpc) is 2.51. The molecule has 0 aliphatic heterocycles. The second kappa shape index (κ2) is 5.99. The first-order valence-electron chi connectivity index (χ1n) is 6.87. The zero-order chi connectivity index (χ0) is 15.5. The predicted molar refractivity (Wildman–Crippen MR) is 84.6 cm³/mol. The van der Waals surface area contributed by atoms with Crippen LogP contribution in [0.5, 0.6) is 5.75 Å². The molecule has 0 atom stereocenters. The maximum Gasteiger partial charge on any atom is 0.227 e. The van der Waals surface area contributed by atoms with Gasteiger partial charge in [-0.25, -0.2) is 4.98 Å². The van der Waals surface area contributed by atoms with Crippen LogP contribution in [0.15, 0.2) is 30.5 Å². The van der Waals surface area contributed by atoms with E-state index in [9.17, 15) is 4.79 Å². The lowest BCUT2D eigenvalue weighted by Gasteiger charge is -2.23. The van der Waals surface area contributed by atoms with Crippen molar-refractivity contribution in [3.8, 4) is 5.75 Å². The molecule has 21 heavy (non-hydrogen) atoms. The van der Waals surface area contributed by atoms with Crippen molar-refractivity contribution in [3.05, 3.63) is 30.5 Å². The lowest BCUT2D eigenvalue weighted by molar-refractivity contribution is -0.128. The quantitative estimate of drug-likeness (QED) is 0.886. The largest absolute Gasteiger partial charge is 0.497 e. The fourth-order valence-electron chi connectivity index (χ4n) is 2.15. The van der Waals surface area contributed by atoms with E-state index in [4.69, 9.17) is 4.74 Å². The van der Waals surface area contributed by atoms with Gasteiger partial charge in [0, 0.05) is 25.2 Å². The molecule has 1 aromatic heterocycles. The molecular formula is C16H21N3O2. The summed E-state index contributed by atoms with van der Waals surface area (Å²) in [5.74, 6) is 1.58. The fraction of sp³-hybridized carbons (Fsp3) is 0.375. The van der Waals surface area contributed by atoms with Gasteiger partial charge in [-0.1, -0.05) is 0 Å². The third kappa shape index (κ3) is 3.24. The highest BCUT2D eigenvalue weighted by atomic mass is 16.5. The molecule has 5 nitrogen and oxygen atoms in total. The molecule has 0 spiro atoms. The Labute approximate surface area is 124 Å². The van der Waals surface area contributed by atoms with E-state index < -0.39 is 5.41 Å². The van der Waals surface area contributed by atoms with Crippen LogP contribution in [-0.2, 0) is 4.79 Å². The fourth-order valence-corrected chi connectivity index (χ4v) is 2.15. The van der Waals surface area contributed by atoms with Gasteiger partial charge in [0.15, 0.2) is 0 Å². The van der Waals surface area contributed by atoms with Crippen molar-refractivity contribution < 1.29 is 9.53 Å². The summed E-state index contributed by atoms with van der Waals surface area (Å²) in [5, 5.41) is 8.00. The third-order valence-electron chi connectivity index (χ3n) is 3.51. The molecule has 0 unspecified atom stereocenters. The molecule has 0 bridgehead atoms. The van der Waals surface area contributed by atoms with Crippen molar-refractivity contribution in [2.45, 2.75) is 13.8 Å². The Bertz CT molecular complexity index is 653. The molecule has 2 rings (SSSR count). The van der Waals surface area contributed by atoms with E-state index >= 15 is 0 Å². The summed E-state index contributed by atoms with van der Waals surface area (Å²) in [6.45, 7) is 4.30. The van der Waals surface area contributed by atoms with Crippen molar-refractivity contribution in [2.75, 3.05) is 26.0 Å². The second-order valence-electron chi connectivity index (χ2n) is 5.56. The highest BCUT2D eigenvalue weighted by Crippen LogP contribution is 2.26. The van der Waals surface area contributed by atoms with E-state index in [-0.39, 0.29) is 5.91 Å². The lowest BCUT2D eigenvalue weighted by Crippen LogP contribution is -2.39. The number of nitrogens with zero attached hydrogens (tertiary/aromatic N) is 1. The summed E-state index contributed by atoms with van der Waals surface area (Å²) in [6.07, 6.45) is 1.75. The minimum absolute atomic E-state index is 0.00286. The van der Waals surface area contributed by atoms with Crippen LogP contribution in [0.4, 0.5) is 5.82 Å². The number of benzene rings is 1. The van der Waals surface area contributed by atoms with Crippen LogP contribution in [-0.4, -0.2) is 31.6 Å². The lowest BCUT2D eigenvalue weighted by atomic mass is 9.92. The van der Waals surface area contributed by atoms with Gasteiger partial charge in [0.25, 0.3) is 0 Å². The van der Waals surface area contributed by atoms with Crippen LogP contribution < -0.4 is 15.4 Å². The van der Waals surface area contributed by atoms with Gasteiger partial charge in [-0.15, -0.1) is 0 Å². The van der Waals surface area contributed by atoms with Gasteiger partial charge in [0.2, 0.25) is 5.91 Å². The number of pyridine rings is 1. The van der Waals surface area contributed by atoms with E-state index in [0.29, 0.717) is 6.54 Å². The van der Waals surface area contributed by atoms with Gasteiger partial charge in [-0.2, -0.15) is 0 Å². The highest BCUT2D eigenvalue weighted by Gasteiger charge is 2.26. The zero-order valence-corrected chi connectivity index (χ0v) is 12.9. The molecule has 0 saturated heterocycles. The molecule has 0 aliphatic rings. The number of nitrogens with one attached hydrogen (secondary N) is 2. The van der Waals surface area contributed by atoms with E-state index in [1.54, 1.807) is 20.4 Å². The second-order valence-corrected chi connectivity index (χ2v) is 5.56. The number of anilines is 1. The summed E-state index contributed by atoms with van der Waals surface area (Å²) in [6, 6.07) is 7.77. The molecule has 1 aromatic carbocycles. The Morgan fingerprint density at radius 3 is 2.76 bits per heavy atom. The number of aromatic nitrogens is 1. The highest BCUT2D eigenvalue weighted by molar-refractivity contribution is 5.93. The Kier molecular flexibility index (Phi) is 4.31. The number of amides is 1. The molecule has 5 heteroatoms. The summed E-state index contributed by atoms with van der Waals surface area (Å²) in [4.78, 5) is 16.2. The molecule has 0 fully saturated rings. The topological polar surface area (TPSA) is 63.2 Å². The molecule has 2 N–H and O–H groups in total. The average molecular weight is 287 g/mol. The summed E-state index contributed by atoms with van der Waals surface area (Å²) in [7, 11) is 3.29. The van der Waals surface area contributed by atoms with Gasteiger partial charge in [-0.05, 0) is 43.5 Å². The van der Waals surface area contributed by atoms with Crippen LogP contribution in [0, 0.1) is 5.41 Å². The van der Waals surface area contributed by atoms with E-state index in [1.165, 1.54) is 0 Å². The number of hydrogen-bond donors (Lipinski definition) is 2. The monoisotopic (exact) mass is 287 g/mol. The standard InChI is InChI=1S/C16H21N3O2/c1-16(2,15(20)17-3)10-19-14-13-6-5-12(21-4)9-11(13)7-8-18-14/h5-9H,10H2,1-4H3,(H,17,20)(H,18,19). The Hall–Kier alpha value is -2.30.